The van der Waals surface area contributed by atoms with Gasteiger partial charge in [-0.15, -0.1) is 0 Å². The van der Waals surface area contributed by atoms with E-state index < -0.39 is 12.0 Å². The van der Waals surface area contributed by atoms with E-state index in [0.717, 1.165) is 5.56 Å². The van der Waals surface area contributed by atoms with Crippen LogP contribution in [0.15, 0.2) is 93.9 Å². The highest BCUT2D eigenvalue weighted by atomic mass is 32.1. The Morgan fingerprint density at radius 3 is 2.35 bits per heavy atom. The Kier molecular flexibility index (Phi) is 10.3. The summed E-state index contributed by atoms with van der Waals surface area (Å²) in [6.07, 6.45) is 1.75. The molecule has 1 atom stereocenters. The van der Waals surface area contributed by atoms with Crippen LogP contribution in [0.1, 0.15) is 44.9 Å². The molecule has 0 saturated carbocycles. The Morgan fingerprint density at radius 2 is 1.65 bits per heavy atom. The molecule has 1 aliphatic rings. The zero-order valence-electron chi connectivity index (χ0n) is 26.1. The Hall–Kier alpha value is -5.16. The fraction of sp³-hybridized carbons (Fsp3) is 0.257. The van der Waals surface area contributed by atoms with E-state index in [2.05, 4.69) is 5.32 Å². The smallest absolute Gasteiger partial charge is 0.344 e. The fourth-order valence-electron chi connectivity index (χ4n) is 5.05. The van der Waals surface area contributed by atoms with Crippen LogP contribution in [0.2, 0.25) is 0 Å². The summed E-state index contributed by atoms with van der Waals surface area (Å²) in [6.45, 7) is 8.15. The summed E-state index contributed by atoms with van der Waals surface area (Å²) in [7, 11) is 0. The number of aromatic nitrogens is 1. The van der Waals surface area contributed by atoms with E-state index in [-0.39, 0.29) is 24.7 Å². The molecular weight excluding hydrogens is 606 g/mol. The Morgan fingerprint density at radius 1 is 0.913 bits per heavy atom. The number of carbonyl (C=O) groups is 2. The molecule has 2 heterocycles. The number of hydrogen-bond donors (Lipinski definition) is 1. The topological polar surface area (TPSA) is 117 Å². The molecule has 0 radical (unpaired) electrons. The van der Waals surface area contributed by atoms with E-state index in [1.807, 2.05) is 56.3 Å². The number of fused-ring (bicyclic) bond motifs is 1. The average molecular weight is 642 g/mol. The predicted molar refractivity (Wildman–Crippen MR) is 176 cm³/mol. The maximum absolute atomic E-state index is 14.1. The van der Waals surface area contributed by atoms with Gasteiger partial charge in [-0.3, -0.25) is 14.2 Å². The Balaban J connectivity index is 1.57. The minimum atomic E-state index is -0.726. The number of rotatable bonds is 12. The lowest BCUT2D eigenvalue weighted by Crippen LogP contribution is -2.40. The van der Waals surface area contributed by atoms with Gasteiger partial charge in [0.05, 0.1) is 41.7 Å². The maximum Gasteiger partial charge on any atom is 0.344 e. The number of nitrogens with one attached hydrogen (secondary N) is 1. The minimum absolute atomic E-state index is 0.253. The van der Waals surface area contributed by atoms with Crippen molar-refractivity contribution in [1.82, 2.24) is 4.57 Å². The molecule has 1 amide bonds. The van der Waals surface area contributed by atoms with Crippen molar-refractivity contribution < 1.29 is 28.5 Å². The van der Waals surface area contributed by atoms with Crippen LogP contribution in [0.4, 0.5) is 5.69 Å². The van der Waals surface area contributed by atoms with Gasteiger partial charge in [-0.2, -0.15) is 0 Å². The summed E-state index contributed by atoms with van der Waals surface area (Å²) in [6, 6.07) is 21.0. The molecule has 1 N–H and O–H groups in total. The number of anilines is 1. The average Bonchev–Trinajstić information content (AvgIpc) is 3.35. The number of para-hydroxylation sites is 1. The third kappa shape index (κ3) is 7.21. The van der Waals surface area contributed by atoms with Gasteiger partial charge in [-0.05, 0) is 81.3 Å². The van der Waals surface area contributed by atoms with Crippen LogP contribution in [-0.2, 0) is 14.3 Å². The second-order valence-corrected chi connectivity index (χ2v) is 11.1. The summed E-state index contributed by atoms with van der Waals surface area (Å²) < 4.78 is 24.0. The van der Waals surface area contributed by atoms with Crippen molar-refractivity contribution in [2.45, 2.75) is 33.7 Å². The number of allylic oxidation sites excluding steroid dienone is 1. The van der Waals surface area contributed by atoms with Gasteiger partial charge in [0.2, 0.25) is 0 Å². The third-order valence-electron chi connectivity index (χ3n) is 7.02. The molecule has 0 unspecified atom stereocenters. The number of amides is 1. The zero-order chi connectivity index (χ0) is 32.6. The van der Waals surface area contributed by atoms with Crippen LogP contribution in [0, 0.1) is 0 Å². The van der Waals surface area contributed by atoms with E-state index in [4.69, 9.17) is 23.9 Å². The van der Waals surface area contributed by atoms with Crippen LogP contribution in [0.5, 0.6) is 17.2 Å². The number of hydrogen-bond acceptors (Lipinski definition) is 9. The van der Waals surface area contributed by atoms with Gasteiger partial charge in [-0.1, -0.05) is 47.7 Å². The summed E-state index contributed by atoms with van der Waals surface area (Å²) in [5.41, 5.74) is 2.66. The first-order valence-corrected chi connectivity index (χ1v) is 15.8. The van der Waals surface area contributed by atoms with Crippen LogP contribution < -0.4 is 34.4 Å². The molecular formula is C35H35N3O7S. The third-order valence-corrected chi connectivity index (χ3v) is 8.00. The molecule has 0 spiro atoms. The number of carbonyl (C=O) groups excluding carboxylic acids is 2. The molecule has 0 saturated heterocycles. The quantitative estimate of drug-likeness (QED) is 0.225. The van der Waals surface area contributed by atoms with Gasteiger partial charge in [0.1, 0.15) is 5.75 Å². The van der Waals surface area contributed by atoms with Crippen LogP contribution >= 0.6 is 11.3 Å². The number of thiazole rings is 1. The van der Waals surface area contributed by atoms with Gasteiger partial charge in [0, 0.05) is 5.69 Å². The lowest BCUT2D eigenvalue weighted by Gasteiger charge is -2.25. The monoisotopic (exact) mass is 641 g/mol. The van der Waals surface area contributed by atoms with Crippen LogP contribution in [-0.4, -0.2) is 42.9 Å². The first-order valence-electron chi connectivity index (χ1n) is 15.0. The van der Waals surface area contributed by atoms with Gasteiger partial charge in [0.25, 0.3) is 11.5 Å². The fourth-order valence-corrected chi connectivity index (χ4v) is 6.10. The molecule has 10 nitrogen and oxygen atoms in total. The molecule has 1 aromatic heterocycles. The molecule has 11 heteroatoms. The van der Waals surface area contributed by atoms with Gasteiger partial charge in [-0.25, -0.2) is 9.79 Å². The number of benzene rings is 3. The van der Waals surface area contributed by atoms with Crippen molar-refractivity contribution >= 4 is 35.0 Å². The van der Waals surface area contributed by atoms with E-state index in [9.17, 15) is 14.4 Å². The predicted octanol–water partition coefficient (Wildman–Crippen LogP) is 4.61. The van der Waals surface area contributed by atoms with Crippen LogP contribution in [0.25, 0.3) is 6.08 Å². The highest BCUT2D eigenvalue weighted by molar-refractivity contribution is 7.07. The molecule has 1 aliphatic heterocycles. The van der Waals surface area contributed by atoms with Crippen molar-refractivity contribution in [1.29, 1.82) is 0 Å². The summed E-state index contributed by atoms with van der Waals surface area (Å²) in [4.78, 5) is 44.9. The highest BCUT2D eigenvalue weighted by Gasteiger charge is 2.32. The largest absolute Gasteiger partial charge is 0.494 e. The molecule has 238 valence electrons. The van der Waals surface area contributed by atoms with Crippen molar-refractivity contribution in [3.63, 3.8) is 0 Å². The van der Waals surface area contributed by atoms with Crippen LogP contribution in [0.3, 0.4) is 0 Å². The SMILES string of the molecule is CCOC(=O)COc1ccc(/C=c2\sc3n(c2=O)[C@@H](c2ccc(OCC)cc2)C(C(=O)Nc2ccccc2)=C(C)N=3)cc1OCC. The normalized spacial score (nSPS) is 14.3. The molecule has 3 aromatic carbocycles. The molecule has 0 bridgehead atoms. The minimum Gasteiger partial charge on any atom is -0.494 e. The molecule has 4 aromatic rings. The van der Waals surface area contributed by atoms with Gasteiger partial charge < -0.3 is 24.3 Å². The second kappa shape index (κ2) is 14.7. The maximum atomic E-state index is 14.1. The van der Waals surface area contributed by atoms with Gasteiger partial charge >= 0.3 is 5.97 Å². The molecule has 5 rings (SSSR count). The van der Waals surface area contributed by atoms with Crippen molar-refractivity contribution in [3.8, 4) is 17.2 Å². The summed E-state index contributed by atoms with van der Waals surface area (Å²) in [5.74, 6) is 0.671. The van der Waals surface area contributed by atoms with Crippen molar-refractivity contribution in [2.24, 2.45) is 4.99 Å². The number of nitrogens with zero attached hydrogens (tertiary/aromatic N) is 2. The van der Waals surface area contributed by atoms with E-state index in [0.29, 0.717) is 62.3 Å². The summed E-state index contributed by atoms with van der Waals surface area (Å²) in [5, 5.41) is 2.96. The van der Waals surface area contributed by atoms with E-state index in [1.54, 1.807) is 54.8 Å². The standard InChI is InChI=1S/C35H35N3O7S/c1-5-42-26-16-14-24(15-17-26)32-31(33(40)37-25-11-9-8-10-12-25)22(4)36-35-38(32)34(41)29(46-35)20-23-13-18-27(28(19-23)43-6-2)45-21-30(39)44-7-3/h8-20,32H,5-7,21H2,1-4H3,(H,37,40)/b29-20-/t32-/m0/s1. The lowest BCUT2D eigenvalue weighted by atomic mass is 9.95. The highest BCUT2D eigenvalue weighted by Crippen LogP contribution is 2.32. The molecule has 46 heavy (non-hydrogen) atoms. The first-order chi connectivity index (χ1) is 22.3. The van der Waals surface area contributed by atoms with E-state index in [1.165, 1.54) is 11.3 Å². The zero-order valence-corrected chi connectivity index (χ0v) is 26.9. The van der Waals surface area contributed by atoms with Crippen molar-refractivity contribution in [3.05, 3.63) is 115 Å². The van der Waals surface area contributed by atoms with E-state index >= 15 is 0 Å². The first kappa shape index (κ1) is 32.2. The second-order valence-electron chi connectivity index (χ2n) is 10.1. The summed E-state index contributed by atoms with van der Waals surface area (Å²) >= 11 is 1.24. The number of esters is 1. The number of ether oxygens (including phenoxy) is 4. The molecule has 0 aliphatic carbocycles. The Bertz CT molecular complexity index is 1930. The van der Waals surface area contributed by atoms with Crippen molar-refractivity contribution in [2.75, 3.05) is 31.7 Å². The lowest BCUT2D eigenvalue weighted by molar-refractivity contribution is -0.145. The van der Waals surface area contributed by atoms with Gasteiger partial charge in [0.15, 0.2) is 22.9 Å². The Labute approximate surface area is 270 Å². The molecule has 0 fully saturated rings.